The van der Waals surface area contributed by atoms with Gasteiger partial charge >= 0.3 is 0 Å². The number of rotatable bonds is 1. The van der Waals surface area contributed by atoms with Crippen molar-refractivity contribution in [3.05, 3.63) is 0 Å². The normalized spacial score (nSPS) is 36.1. The molecule has 0 aromatic carbocycles. The van der Waals surface area contributed by atoms with Crippen molar-refractivity contribution in [2.24, 2.45) is 5.92 Å². The summed E-state index contributed by atoms with van der Waals surface area (Å²) in [6, 6.07) is 0. The highest BCUT2D eigenvalue weighted by molar-refractivity contribution is 5.81. The van der Waals surface area contributed by atoms with Gasteiger partial charge in [-0.3, -0.25) is 4.79 Å². The van der Waals surface area contributed by atoms with Gasteiger partial charge in [0.05, 0.1) is 6.10 Å². The molecule has 16 heavy (non-hydrogen) atoms. The molecule has 3 atom stereocenters. The van der Waals surface area contributed by atoms with E-state index in [1.807, 2.05) is 11.8 Å². The second-order valence-electron chi connectivity index (χ2n) is 4.97. The predicted molar refractivity (Wildman–Crippen MR) is 60.0 cm³/mol. The van der Waals surface area contributed by atoms with E-state index in [0.717, 1.165) is 19.3 Å². The van der Waals surface area contributed by atoms with Crippen molar-refractivity contribution in [1.29, 1.82) is 0 Å². The van der Waals surface area contributed by atoms with Gasteiger partial charge in [0.1, 0.15) is 6.10 Å². The van der Waals surface area contributed by atoms with Gasteiger partial charge in [-0.2, -0.15) is 0 Å². The fourth-order valence-electron chi connectivity index (χ4n) is 2.47. The van der Waals surface area contributed by atoms with Gasteiger partial charge in [-0.1, -0.05) is 6.92 Å². The van der Waals surface area contributed by atoms with Crippen molar-refractivity contribution in [3.63, 3.8) is 0 Å². The van der Waals surface area contributed by atoms with Gasteiger partial charge in [0, 0.05) is 19.7 Å². The first-order valence-electron chi connectivity index (χ1n) is 6.27. The van der Waals surface area contributed by atoms with Crippen molar-refractivity contribution in [3.8, 4) is 0 Å². The Morgan fingerprint density at radius 1 is 1.38 bits per heavy atom. The molecule has 2 saturated heterocycles. The van der Waals surface area contributed by atoms with Crippen LogP contribution in [0.3, 0.4) is 0 Å². The van der Waals surface area contributed by atoms with Gasteiger partial charge in [-0.25, -0.2) is 0 Å². The molecule has 2 rings (SSSR count). The number of carbonyl (C=O) groups is 1. The summed E-state index contributed by atoms with van der Waals surface area (Å²) >= 11 is 0. The summed E-state index contributed by atoms with van der Waals surface area (Å²) in [5.74, 6) is 0.305. The fourth-order valence-corrected chi connectivity index (χ4v) is 2.47. The van der Waals surface area contributed by atoms with Crippen LogP contribution in [0.2, 0.25) is 0 Å². The zero-order valence-corrected chi connectivity index (χ0v) is 9.89. The summed E-state index contributed by atoms with van der Waals surface area (Å²) in [7, 11) is 0. The average Bonchev–Trinajstić information content (AvgIpc) is 2.33. The highest BCUT2D eigenvalue weighted by Crippen LogP contribution is 2.20. The summed E-state index contributed by atoms with van der Waals surface area (Å²) in [5.41, 5.74) is 0. The van der Waals surface area contributed by atoms with Crippen LogP contribution < -0.4 is 0 Å². The van der Waals surface area contributed by atoms with E-state index in [2.05, 4.69) is 0 Å². The molecule has 3 unspecified atom stereocenters. The Morgan fingerprint density at radius 3 is 2.81 bits per heavy atom. The Bertz CT molecular complexity index is 251. The van der Waals surface area contributed by atoms with Gasteiger partial charge in [0.2, 0.25) is 0 Å². The zero-order chi connectivity index (χ0) is 11.5. The maximum atomic E-state index is 12.1. The third-order valence-electron chi connectivity index (χ3n) is 3.63. The van der Waals surface area contributed by atoms with Crippen molar-refractivity contribution in [2.75, 3.05) is 19.7 Å². The number of piperidine rings is 1. The first kappa shape index (κ1) is 11.9. The Balaban J connectivity index is 1.89. The number of hydrogen-bond donors (Lipinski definition) is 1. The van der Waals surface area contributed by atoms with E-state index in [4.69, 9.17) is 4.74 Å². The molecule has 0 spiro atoms. The molecule has 0 radical (unpaired) electrons. The SMILES string of the molecule is CC1CN(C(=O)C2CCCCO2)CCC1O. The van der Waals surface area contributed by atoms with E-state index < -0.39 is 0 Å². The number of carbonyl (C=O) groups excluding carboxylic acids is 1. The molecule has 4 nitrogen and oxygen atoms in total. The lowest BCUT2D eigenvalue weighted by Gasteiger charge is -2.36. The second kappa shape index (κ2) is 5.15. The van der Waals surface area contributed by atoms with Crippen molar-refractivity contribution in [1.82, 2.24) is 4.90 Å². The standard InChI is InChI=1S/C12H21NO3/c1-9-8-13(6-5-10(9)14)12(15)11-4-2-3-7-16-11/h9-11,14H,2-8H2,1H3. The van der Waals surface area contributed by atoms with Crippen LogP contribution in [0, 0.1) is 5.92 Å². The molecule has 0 aromatic rings. The van der Waals surface area contributed by atoms with E-state index >= 15 is 0 Å². The Morgan fingerprint density at radius 2 is 2.19 bits per heavy atom. The molecule has 1 amide bonds. The van der Waals surface area contributed by atoms with E-state index in [1.165, 1.54) is 0 Å². The van der Waals surface area contributed by atoms with Crippen LogP contribution in [-0.4, -0.2) is 47.8 Å². The van der Waals surface area contributed by atoms with E-state index in [9.17, 15) is 9.90 Å². The van der Waals surface area contributed by atoms with Crippen LogP contribution >= 0.6 is 0 Å². The molecule has 0 aliphatic carbocycles. The zero-order valence-electron chi connectivity index (χ0n) is 9.89. The van der Waals surface area contributed by atoms with E-state index in [-0.39, 0.29) is 24.0 Å². The van der Waals surface area contributed by atoms with E-state index in [0.29, 0.717) is 26.1 Å². The molecule has 2 heterocycles. The Hall–Kier alpha value is -0.610. The van der Waals surface area contributed by atoms with Crippen molar-refractivity contribution >= 4 is 5.91 Å². The minimum absolute atomic E-state index is 0.124. The number of aliphatic hydroxyl groups excluding tert-OH is 1. The van der Waals surface area contributed by atoms with Gasteiger partial charge in [0.15, 0.2) is 0 Å². The lowest BCUT2D eigenvalue weighted by Crippen LogP contribution is -2.49. The maximum Gasteiger partial charge on any atom is 0.251 e. The molecular weight excluding hydrogens is 206 g/mol. The van der Waals surface area contributed by atoms with Crippen LogP contribution in [0.15, 0.2) is 0 Å². The molecule has 2 aliphatic rings. The van der Waals surface area contributed by atoms with Gasteiger partial charge in [-0.15, -0.1) is 0 Å². The first-order chi connectivity index (χ1) is 7.68. The molecule has 2 aliphatic heterocycles. The fraction of sp³-hybridized carbons (Fsp3) is 0.917. The Kier molecular flexibility index (Phi) is 3.82. The number of likely N-dealkylation sites (tertiary alicyclic amines) is 1. The lowest BCUT2D eigenvalue weighted by atomic mass is 9.96. The molecule has 0 saturated carbocycles. The van der Waals surface area contributed by atoms with E-state index in [1.54, 1.807) is 0 Å². The highest BCUT2D eigenvalue weighted by Gasteiger charge is 2.32. The highest BCUT2D eigenvalue weighted by atomic mass is 16.5. The van der Waals surface area contributed by atoms with Crippen LogP contribution in [0.4, 0.5) is 0 Å². The third-order valence-corrected chi connectivity index (χ3v) is 3.63. The lowest BCUT2D eigenvalue weighted by molar-refractivity contribution is -0.149. The summed E-state index contributed by atoms with van der Waals surface area (Å²) in [6.45, 7) is 4.04. The van der Waals surface area contributed by atoms with Crippen LogP contribution in [0.5, 0.6) is 0 Å². The number of hydrogen-bond acceptors (Lipinski definition) is 3. The molecule has 1 N–H and O–H groups in total. The summed E-state index contributed by atoms with van der Waals surface area (Å²) in [6.07, 6.45) is 3.22. The number of aliphatic hydroxyl groups is 1. The minimum Gasteiger partial charge on any atom is -0.393 e. The Labute approximate surface area is 96.6 Å². The minimum atomic E-state index is -0.253. The smallest absolute Gasteiger partial charge is 0.251 e. The largest absolute Gasteiger partial charge is 0.393 e. The molecule has 4 heteroatoms. The maximum absolute atomic E-state index is 12.1. The van der Waals surface area contributed by atoms with Crippen molar-refractivity contribution < 1.29 is 14.6 Å². The van der Waals surface area contributed by atoms with Gasteiger partial charge in [-0.05, 0) is 31.6 Å². The third kappa shape index (κ3) is 2.55. The van der Waals surface area contributed by atoms with Crippen LogP contribution in [0.25, 0.3) is 0 Å². The number of ether oxygens (including phenoxy) is 1. The quantitative estimate of drug-likeness (QED) is 0.720. The molecule has 0 aromatic heterocycles. The summed E-state index contributed by atoms with van der Waals surface area (Å²) in [4.78, 5) is 14.0. The topological polar surface area (TPSA) is 49.8 Å². The molecule has 0 bridgehead atoms. The van der Waals surface area contributed by atoms with Crippen LogP contribution in [-0.2, 0) is 9.53 Å². The average molecular weight is 227 g/mol. The molecular formula is C12H21NO3. The monoisotopic (exact) mass is 227 g/mol. The summed E-state index contributed by atoms with van der Waals surface area (Å²) in [5, 5.41) is 9.62. The molecule has 2 fully saturated rings. The van der Waals surface area contributed by atoms with Crippen LogP contribution in [0.1, 0.15) is 32.6 Å². The predicted octanol–water partition coefficient (Wildman–Crippen LogP) is 0.785. The second-order valence-corrected chi connectivity index (χ2v) is 4.97. The first-order valence-corrected chi connectivity index (χ1v) is 6.27. The number of amides is 1. The van der Waals surface area contributed by atoms with Gasteiger partial charge in [0.25, 0.3) is 5.91 Å². The van der Waals surface area contributed by atoms with Gasteiger partial charge < -0.3 is 14.7 Å². The number of nitrogens with zero attached hydrogens (tertiary/aromatic N) is 1. The van der Waals surface area contributed by atoms with Crippen molar-refractivity contribution in [2.45, 2.75) is 44.8 Å². The molecule has 92 valence electrons. The summed E-state index contributed by atoms with van der Waals surface area (Å²) < 4.78 is 5.50.